The fraction of sp³-hybridized carbons (Fsp3) is 0.400. The zero-order chi connectivity index (χ0) is 6.41. The van der Waals surface area contributed by atoms with Gasteiger partial charge in [0.05, 0.1) is 7.11 Å². The quantitative estimate of drug-likeness (QED) is 0.396. The van der Waals surface area contributed by atoms with Crippen LogP contribution in [0.3, 0.4) is 0 Å². The minimum absolute atomic E-state index is 0.365. The Morgan fingerprint density at radius 2 is 2.50 bits per heavy atom. The molecule has 0 aliphatic heterocycles. The first-order valence-corrected chi connectivity index (χ1v) is 2.26. The van der Waals surface area contributed by atoms with Gasteiger partial charge in [0.2, 0.25) is 0 Å². The van der Waals surface area contributed by atoms with E-state index in [1.54, 1.807) is 0 Å². The lowest BCUT2D eigenvalue weighted by atomic mass is 10.5. The topological polar surface area (TPSA) is 52.3 Å². The molecule has 0 aliphatic rings. The Kier molecular flexibility index (Phi) is 3.88. The lowest BCUT2D eigenvalue weighted by molar-refractivity contribution is -0.134. The first kappa shape index (κ1) is 7.17. The smallest absolute Gasteiger partial charge is 0.330 e. The molecule has 0 unspecified atom stereocenters. The van der Waals surface area contributed by atoms with Crippen LogP contribution >= 0.6 is 0 Å². The van der Waals surface area contributed by atoms with Crippen LogP contribution in [0, 0.1) is 0 Å². The van der Waals surface area contributed by atoms with E-state index in [2.05, 4.69) is 4.74 Å². The maximum Gasteiger partial charge on any atom is 0.330 e. The average molecular weight is 115 g/mol. The SMILES string of the molecule is COC(=O)/C=C\CN. The lowest BCUT2D eigenvalue weighted by Crippen LogP contribution is -1.98. The minimum atomic E-state index is -0.365. The van der Waals surface area contributed by atoms with Gasteiger partial charge < -0.3 is 10.5 Å². The lowest BCUT2D eigenvalue weighted by Gasteiger charge is -1.86. The first-order valence-electron chi connectivity index (χ1n) is 2.26. The van der Waals surface area contributed by atoms with Gasteiger partial charge in [-0.05, 0) is 0 Å². The van der Waals surface area contributed by atoms with Gasteiger partial charge in [0.1, 0.15) is 0 Å². The van der Waals surface area contributed by atoms with E-state index in [0.717, 1.165) is 0 Å². The van der Waals surface area contributed by atoms with Crippen molar-refractivity contribution in [2.45, 2.75) is 0 Å². The zero-order valence-corrected chi connectivity index (χ0v) is 4.76. The summed E-state index contributed by atoms with van der Waals surface area (Å²) >= 11 is 0. The van der Waals surface area contributed by atoms with E-state index in [4.69, 9.17) is 5.73 Å². The van der Waals surface area contributed by atoms with E-state index in [0.29, 0.717) is 6.54 Å². The molecule has 8 heavy (non-hydrogen) atoms. The zero-order valence-electron chi connectivity index (χ0n) is 4.76. The molecule has 2 N–H and O–H groups in total. The predicted molar refractivity (Wildman–Crippen MR) is 30.2 cm³/mol. The second-order valence-electron chi connectivity index (χ2n) is 1.16. The van der Waals surface area contributed by atoms with Gasteiger partial charge in [-0.1, -0.05) is 6.08 Å². The van der Waals surface area contributed by atoms with Crippen LogP contribution in [0.25, 0.3) is 0 Å². The first-order chi connectivity index (χ1) is 3.81. The van der Waals surface area contributed by atoms with E-state index in [1.807, 2.05) is 0 Å². The Morgan fingerprint density at radius 1 is 1.88 bits per heavy atom. The van der Waals surface area contributed by atoms with E-state index in [9.17, 15) is 4.79 Å². The monoisotopic (exact) mass is 115 g/mol. The summed E-state index contributed by atoms with van der Waals surface area (Å²) in [6.45, 7) is 0.370. The number of ether oxygens (including phenoxy) is 1. The summed E-state index contributed by atoms with van der Waals surface area (Å²) in [4.78, 5) is 10.2. The molecule has 0 atom stereocenters. The van der Waals surface area contributed by atoms with Crippen molar-refractivity contribution in [1.29, 1.82) is 0 Å². The number of rotatable bonds is 2. The van der Waals surface area contributed by atoms with Crippen LogP contribution in [0.5, 0.6) is 0 Å². The molecule has 0 rings (SSSR count). The molecular weight excluding hydrogens is 106 g/mol. The third-order valence-corrected chi connectivity index (χ3v) is 0.591. The summed E-state index contributed by atoms with van der Waals surface area (Å²) in [5.41, 5.74) is 5.04. The van der Waals surface area contributed by atoms with Crippen LogP contribution in [0.15, 0.2) is 12.2 Å². The van der Waals surface area contributed by atoms with Crippen molar-refractivity contribution in [2.75, 3.05) is 13.7 Å². The highest BCUT2D eigenvalue weighted by molar-refractivity contribution is 5.81. The molecule has 3 heteroatoms. The van der Waals surface area contributed by atoms with Crippen molar-refractivity contribution in [3.63, 3.8) is 0 Å². The fourth-order valence-electron chi connectivity index (χ4n) is 0.232. The van der Waals surface area contributed by atoms with Crippen LogP contribution in [-0.2, 0) is 9.53 Å². The van der Waals surface area contributed by atoms with Crippen LogP contribution < -0.4 is 5.73 Å². The molecule has 0 amide bonds. The molecular formula is C5H9NO2. The van der Waals surface area contributed by atoms with Crippen LogP contribution in [0.4, 0.5) is 0 Å². The summed E-state index contributed by atoms with van der Waals surface area (Å²) < 4.78 is 4.27. The Balaban J connectivity index is 3.37. The Hall–Kier alpha value is -0.830. The fourth-order valence-corrected chi connectivity index (χ4v) is 0.232. The second-order valence-corrected chi connectivity index (χ2v) is 1.16. The van der Waals surface area contributed by atoms with Gasteiger partial charge in [0.15, 0.2) is 0 Å². The highest BCUT2D eigenvalue weighted by Crippen LogP contribution is 1.73. The number of nitrogens with two attached hydrogens (primary N) is 1. The maximum absolute atomic E-state index is 10.2. The van der Waals surface area contributed by atoms with E-state index in [-0.39, 0.29) is 5.97 Å². The third-order valence-electron chi connectivity index (χ3n) is 0.591. The highest BCUT2D eigenvalue weighted by atomic mass is 16.5. The molecule has 0 fully saturated rings. The van der Waals surface area contributed by atoms with E-state index >= 15 is 0 Å². The van der Waals surface area contributed by atoms with Crippen LogP contribution in [0.1, 0.15) is 0 Å². The van der Waals surface area contributed by atoms with Gasteiger partial charge in [-0.15, -0.1) is 0 Å². The molecule has 0 radical (unpaired) electrons. The molecule has 0 aliphatic carbocycles. The Labute approximate surface area is 48.1 Å². The summed E-state index contributed by atoms with van der Waals surface area (Å²) in [5.74, 6) is -0.365. The standard InChI is InChI=1S/C5H9NO2/c1-8-5(7)3-2-4-6/h2-3H,4,6H2,1H3/b3-2-. The number of methoxy groups -OCH3 is 1. The van der Waals surface area contributed by atoms with Crippen LogP contribution in [0.2, 0.25) is 0 Å². The molecule has 0 aromatic rings. The van der Waals surface area contributed by atoms with E-state index in [1.165, 1.54) is 19.3 Å². The highest BCUT2D eigenvalue weighted by Gasteiger charge is 1.85. The molecule has 0 bridgehead atoms. The summed E-state index contributed by atoms with van der Waals surface area (Å²) in [7, 11) is 1.32. The number of hydrogen-bond acceptors (Lipinski definition) is 3. The third kappa shape index (κ3) is 3.36. The predicted octanol–water partition coefficient (Wildman–Crippen LogP) is -0.326. The van der Waals surface area contributed by atoms with Gasteiger partial charge in [0.25, 0.3) is 0 Å². The molecule has 0 aromatic heterocycles. The molecule has 0 saturated heterocycles. The number of esters is 1. The van der Waals surface area contributed by atoms with Crippen molar-refractivity contribution < 1.29 is 9.53 Å². The van der Waals surface area contributed by atoms with Crippen molar-refractivity contribution in [2.24, 2.45) is 5.73 Å². The van der Waals surface area contributed by atoms with Crippen molar-refractivity contribution in [1.82, 2.24) is 0 Å². The van der Waals surface area contributed by atoms with Gasteiger partial charge in [-0.25, -0.2) is 4.79 Å². The van der Waals surface area contributed by atoms with Crippen molar-refractivity contribution in [3.05, 3.63) is 12.2 Å². The van der Waals surface area contributed by atoms with Crippen molar-refractivity contribution >= 4 is 5.97 Å². The van der Waals surface area contributed by atoms with Gasteiger partial charge in [-0.3, -0.25) is 0 Å². The van der Waals surface area contributed by atoms with Gasteiger partial charge >= 0.3 is 5.97 Å². The maximum atomic E-state index is 10.2. The normalized spacial score (nSPS) is 9.75. The van der Waals surface area contributed by atoms with Crippen molar-refractivity contribution in [3.8, 4) is 0 Å². The second kappa shape index (κ2) is 4.33. The molecule has 0 aromatic carbocycles. The number of carbonyl (C=O) groups is 1. The summed E-state index contributed by atoms with van der Waals surface area (Å²) in [6, 6.07) is 0. The molecule has 0 heterocycles. The Morgan fingerprint density at radius 3 is 2.88 bits per heavy atom. The molecule has 0 spiro atoms. The van der Waals surface area contributed by atoms with Gasteiger partial charge in [0, 0.05) is 12.6 Å². The number of hydrogen-bond donors (Lipinski definition) is 1. The minimum Gasteiger partial charge on any atom is -0.466 e. The van der Waals surface area contributed by atoms with Gasteiger partial charge in [-0.2, -0.15) is 0 Å². The average Bonchev–Trinajstić information content (AvgIpc) is 1.83. The van der Waals surface area contributed by atoms with Crippen LogP contribution in [-0.4, -0.2) is 19.6 Å². The summed E-state index contributed by atoms with van der Waals surface area (Å²) in [5, 5.41) is 0. The molecule has 3 nitrogen and oxygen atoms in total. The molecule has 46 valence electrons. The Bertz CT molecular complexity index is 98.6. The number of carbonyl (C=O) groups excluding carboxylic acids is 1. The molecule has 0 saturated carbocycles. The largest absolute Gasteiger partial charge is 0.466 e. The summed E-state index contributed by atoms with van der Waals surface area (Å²) in [6.07, 6.45) is 2.83. The van der Waals surface area contributed by atoms with E-state index < -0.39 is 0 Å².